The van der Waals surface area contributed by atoms with Gasteiger partial charge in [0.2, 0.25) is 0 Å². The van der Waals surface area contributed by atoms with Crippen LogP contribution in [0, 0.1) is 11.3 Å². The van der Waals surface area contributed by atoms with Crippen LogP contribution in [0.5, 0.6) is 11.5 Å². The lowest BCUT2D eigenvalue weighted by Crippen LogP contribution is -2.14. The molecule has 170 valence electrons. The van der Waals surface area contributed by atoms with Gasteiger partial charge in [0.05, 0.1) is 23.3 Å². The molecule has 0 aliphatic carbocycles. The van der Waals surface area contributed by atoms with Gasteiger partial charge < -0.3 is 14.8 Å². The van der Waals surface area contributed by atoms with Gasteiger partial charge in [0.25, 0.3) is 5.91 Å². The molecule has 5 nitrogen and oxygen atoms in total. The molecule has 0 unspecified atom stereocenters. The maximum atomic E-state index is 12.9. The van der Waals surface area contributed by atoms with Gasteiger partial charge in [-0.3, -0.25) is 4.79 Å². The molecule has 0 aliphatic heterocycles. The topological polar surface area (TPSA) is 71.3 Å². The molecule has 1 N–H and O–H groups in total. The van der Waals surface area contributed by atoms with Gasteiger partial charge in [-0.25, -0.2) is 0 Å². The Morgan fingerprint density at radius 3 is 2.59 bits per heavy atom. The van der Waals surface area contributed by atoms with Crippen molar-refractivity contribution in [3.8, 4) is 17.6 Å². The van der Waals surface area contributed by atoms with E-state index in [2.05, 4.69) is 5.32 Å². The maximum absolute atomic E-state index is 12.9. The SMILES string of the molecule is CCOc1cc(/C=C(/C#N)C(=O)Nc2cccc(C(F)(F)F)c2)cc(Cl)c1O[C@@H](C)CC. The number of alkyl halides is 3. The van der Waals surface area contributed by atoms with E-state index in [1.807, 2.05) is 13.8 Å². The molecule has 0 aliphatic rings. The summed E-state index contributed by atoms with van der Waals surface area (Å²) in [6, 6.07) is 8.98. The van der Waals surface area contributed by atoms with Gasteiger partial charge in [0.1, 0.15) is 11.6 Å². The number of ether oxygens (including phenoxy) is 2. The lowest BCUT2D eigenvalue weighted by Gasteiger charge is -2.18. The number of carbonyl (C=O) groups excluding carboxylic acids is 1. The number of rotatable bonds is 8. The van der Waals surface area contributed by atoms with Crippen LogP contribution < -0.4 is 14.8 Å². The number of nitrogens with one attached hydrogen (secondary N) is 1. The molecule has 0 heterocycles. The smallest absolute Gasteiger partial charge is 0.416 e. The number of amides is 1. The standard InChI is InChI=1S/C23H22ClF3N2O3/c1-4-14(3)32-21-19(24)10-15(11-20(21)31-5-2)9-16(13-28)22(30)29-18-8-6-7-17(12-18)23(25,26)27/h6-12,14H,4-5H2,1-3H3,(H,29,30)/b16-9-/t14-/m0/s1. The summed E-state index contributed by atoms with van der Waals surface area (Å²) in [7, 11) is 0. The number of hydrogen-bond donors (Lipinski definition) is 1. The Morgan fingerprint density at radius 2 is 2.00 bits per heavy atom. The molecular weight excluding hydrogens is 445 g/mol. The van der Waals surface area contributed by atoms with E-state index in [0.29, 0.717) is 23.7 Å². The van der Waals surface area contributed by atoms with Crippen molar-refractivity contribution in [2.24, 2.45) is 0 Å². The molecule has 0 spiro atoms. The van der Waals surface area contributed by atoms with Crippen molar-refractivity contribution in [2.45, 2.75) is 39.5 Å². The van der Waals surface area contributed by atoms with E-state index in [1.165, 1.54) is 24.3 Å². The number of halogens is 4. The van der Waals surface area contributed by atoms with E-state index in [9.17, 15) is 23.2 Å². The lowest BCUT2D eigenvalue weighted by molar-refractivity contribution is -0.137. The van der Waals surface area contributed by atoms with Crippen LogP contribution in [0.4, 0.5) is 18.9 Å². The van der Waals surface area contributed by atoms with E-state index in [1.54, 1.807) is 19.1 Å². The van der Waals surface area contributed by atoms with Crippen LogP contribution in [0.1, 0.15) is 38.3 Å². The highest BCUT2D eigenvalue weighted by molar-refractivity contribution is 6.32. The first-order valence-electron chi connectivity index (χ1n) is 9.82. The van der Waals surface area contributed by atoms with Gasteiger partial charge >= 0.3 is 6.18 Å². The number of nitriles is 1. The zero-order chi connectivity index (χ0) is 23.9. The Labute approximate surface area is 189 Å². The molecule has 0 fully saturated rings. The summed E-state index contributed by atoms with van der Waals surface area (Å²) in [5.41, 5.74) is -0.929. The highest BCUT2D eigenvalue weighted by atomic mass is 35.5. The van der Waals surface area contributed by atoms with E-state index in [-0.39, 0.29) is 22.4 Å². The summed E-state index contributed by atoms with van der Waals surface area (Å²) >= 11 is 6.34. The summed E-state index contributed by atoms with van der Waals surface area (Å²) < 4.78 is 50.0. The molecule has 1 amide bonds. The summed E-state index contributed by atoms with van der Waals surface area (Å²) in [5, 5.41) is 12.0. The fourth-order valence-corrected chi connectivity index (χ4v) is 2.88. The summed E-state index contributed by atoms with van der Waals surface area (Å²) in [6.07, 6.45) is -2.65. The van der Waals surface area contributed by atoms with E-state index in [0.717, 1.165) is 18.6 Å². The predicted molar refractivity (Wildman–Crippen MR) is 117 cm³/mol. The third-order valence-corrected chi connectivity index (χ3v) is 4.63. The monoisotopic (exact) mass is 466 g/mol. The molecule has 2 aromatic carbocycles. The van der Waals surface area contributed by atoms with Crippen LogP contribution in [0.15, 0.2) is 42.0 Å². The molecule has 0 radical (unpaired) electrons. The molecule has 1 atom stereocenters. The van der Waals surface area contributed by atoms with Gasteiger partial charge in [-0.2, -0.15) is 18.4 Å². The first-order chi connectivity index (χ1) is 15.1. The van der Waals surface area contributed by atoms with E-state index < -0.39 is 17.6 Å². The average molecular weight is 467 g/mol. The van der Waals surface area contributed by atoms with Crippen LogP contribution in [-0.4, -0.2) is 18.6 Å². The van der Waals surface area contributed by atoms with Crippen molar-refractivity contribution >= 4 is 29.3 Å². The average Bonchev–Trinajstić information content (AvgIpc) is 2.73. The number of benzene rings is 2. The van der Waals surface area contributed by atoms with Gasteiger partial charge in [0.15, 0.2) is 11.5 Å². The Bertz CT molecular complexity index is 1050. The zero-order valence-electron chi connectivity index (χ0n) is 17.7. The molecule has 0 bridgehead atoms. The normalized spacial score (nSPS) is 12.6. The molecule has 0 saturated heterocycles. The Balaban J connectivity index is 2.34. The van der Waals surface area contributed by atoms with Crippen molar-refractivity contribution in [2.75, 3.05) is 11.9 Å². The highest BCUT2D eigenvalue weighted by Gasteiger charge is 2.30. The molecule has 0 saturated carbocycles. The Morgan fingerprint density at radius 1 is 1.28 bits per heavy atom. The second-order valence-corrected chi connectivity index (χ2v) is 7.21. The fourth-order valence-electron chi connectivity index (χ4n) is 2.62. The van der Waals surface area contributed by atoms with Crippen molar-refractivity contribution < 1.29 is 27.4 Å². The first kappa shape index (κ1) is 25.1. The number of hydrogen-bond acceptors (Lipinski definition) is 4. The first-order valence-corrected chi connectivity index (χ1v) is 10.2. The lowest BCUT2D eigenvalue weighted by atomic mass is 10.1. The van der Waals surface area contributed by atoms with Crippen molar-refractivity contribution in [1.29, 1.82) is 5.26 Å². The molecule has 2 aromatic rings. The third-order valence-electron chi connectivity index (χ3n) is 4.35. The van der Waals surface area contributed by atoms with Gasteiger partial charge in [-0.15, -0.1) is 0 Å². The van der Waals surface area contributed by atoms with Crippen LogP contribution in [0.3, 0.4) is 0 Å². The molecule has 2 rings (SSSR count). The third kappa shape index (κ3) is 6.66. The van der Waals surface area contributed by atoms with Gasteiger partial charge in [-0.1, -0.05) is 24.6 Å². The Kier molecular flexibility index (Phi) is 8.56. The summed E-state index contributed by atoms with van der Waals surface area (Å²) in [4.78, 5) is 12.5. The van der Waals surface area contributed by atoms with Crippen LogP contribution >= 0.6 is 11.6 Å². The number of nitrogens with zero attached hydrogens (tertiary/aromatic N) is 1. The van der Waals surface area contributed by atoms with Crippen LogP contribution in [0.25, 0.3) is 6.08 Å². The minimum atomic E-state index is -4.56. The predicted octanol–water partition coefficient (Wildman–Crippen LogP) is 6.48. The molecular formula is C23H22ClF3N2O3. The minimum Gasteiger partial charge on any atom is -0.490 e. The summed E-state index contributed by atoms with van der Waals surface area (Å²) in [5.74, 6) is -0.157. The molecule has 0 aromatic heterocycles. The Hall–Kier alpha value is -3.18. The van der Waals surface area contributed by atoms with Crippen molar-refractivity contribution in [3.63, 3.8) is 0 Å². The second-order valence-electron chi connectivity index (χ2n) is 6.80. The number of anilines is 1. The van der Waals surface area contributed by atoms with E-state index >= 15 is 0 Å². The minimum absolute atomic E-state index is 0.0867. The fraction of sp³-hybridized carbons (Fsp3) is 0.304. The van der Waals surface area contributed by atoms with E-state index in [4.69, 9.17) is 21.1 Å². The second kappa shape index (κ2) is 10.9. The maximum Gasteiger partial charge on any atom is 0.416 e. The van der Waals surface area contributed by atoms with Crippen LogP contribution in [0.2, 0.25) is 5.02 Å². The van der Waals surface area contributed by atoms with Gasteiger partial charge in [-0.05, 0) is 62.2 Å². The summed E-state index contributed by atoms with van der Waals surface area (Å²) in [6.45, 7) is 5.96. The largest absolute Gasteiger partial charge is 0.490 e. The molecule has 32 heavy (non-hydrogen) atoms. The van der Waals surface area contributed by atoms with Crippen LogP contribution in [-0.2, 0) is 11.0 Å². The number of carbonyl (C=O) groups is 1. The van der Waals surface area contributed by atoms with Crippen molar-refractivity contribution in [3.05, 3.63) is 58.1 Å². The molecule has 9 heteroatoms. The zero-order valence-corrected chi connectivity index (χ0v) is 18.5. The highest BCUT2D eigenvalue weighted by Crippen LogP contribution is 2.38. The van der Waals surface area contributed by atoms with Crippen molar-refractivity contribution in [1.82, 2.24) is 0 Å². The van der Waals surface area contributed by atoms with Gasteiger partial charge in [0, 0.05) is 5.69 Å². The quantitative estimate of drug-likeness (QED) is 0.357.